The molecule has 1 atom stereocenters. The number of hydrogen-bond acceptors (Lipinski definition) is 6. The zero-order valence-electron chi connectivity index (χ0n) is 15.1. The molecule has 0 N–H and O–H groups in total. The van der Waals surface area contributed by atoms with Crippen LogP contribution in [0.25, 0.3) is 4.96 Å². The Bertz CT molecular complexity index is 1060. The highest BCUT2D eigenvalue weighted by molar-refractivity contribution is 7.15. The summed E-state index contributed by atoms with van der Waals surface area (Å²) in [6, 6.07) is 11.3. The molecule has 1 saturated heterocycles. The summed E-state index contributed by atoms with van der Waals surface area (Å²) in [5, 5.41) is 1.77. The molecule has 28 heavy (non-hydrogen) atoms. The summed E-state index contributed by atoms with van der Waals surface area (Å²) in [5.41, 5.74) is 1.36. The summed E-state index contributed by atoms with van der Waals surface area (Å²) in [5.74, 6) is -0.937. The van der Waals surface area contributed by atoms with Crippen LogP contribution in [0.2, 0.25) is 0 Å². The molecule has 4 rings (SSSR count). The highest BCUT2D eigenvalue weighted by atomic mass is 32.1. The number of nitrogens with zero attached hydrogens (tertiary/aromatic N) is 3. The Kier molecular flexibility index (Phi) is 5.21. The lowest BCUT2D eigenvalue weighted by molar-refractivity contribution is -0.149. The van der Waals surface area contributed by atoms with E-state index < -0.39 is 11.9 Å². The van der Waals surface area contributed by atoms with Crippen molar-refractivity contribution in [1.82, 2.24) is 14.3 Å². The molecule has 1 aliphatic rings. The van der Waals surface area contributed by atoms with Gasteiger partial charge in [0.1, 0.15) is 6.61 Å². The monoisotopic (exact) mass is 397 g/mol. The topological polar surface area (TPSA) is 81.0 Å². The third-order valence-corrected chi connectivity index (χ3v) is 5.54. The first-order chi connectivity index (χ1) is 13.6. The summed E-state index contributed by atoms with van der Waals surface area (Å²) in [6.45, 7) is 0.877. The normalized spacial score (nSPS) is 16.6. The fraction of sp³-hybridized carbons (Fsp3) is 0.300. The standard InChI is InChI=1S/C20H19N3O4S/c24-17-10-15(12-22(17)7-6-14-4-2-1-3-5-14)19(26)27-13-16-11-18(25)23-8-9-28-20(23)21-16/h1-5,8-9,11,15H,6-7,10,12-13H2/t15-/m0/s1. The molecule has 3 aromatic rings. The summed E-state index contributed by atoms with van der Waals surface area (Å²) < 4.78 is 6.77. The lowest BCUT2D eigenvalue weighted by Gasteiger charge is -2.16. The molecule has 8 heteroatoms. The molecule has 0 aliphatic carbocycles. The summed E-state index contributed by atoms with van der Waals surface area (Å²) in [7, 11) is 0. The van der Waals surface area contributed by atoms with Crippen LogP contribution in [0.4, 0.5) is 0 Å². The number of carbonyl (C=O) groups excluding carboxylic acids is 2. The van der Waals surface area contributed by atoms with Gasteiger partial charge in [-0.1, -0.05) is 30.3 Å². The Balaban J connectivity index is 1.32. The third kappa shape index (κ3) is 3.96. The second kappa shape index (κ2) is 7.93. The van der Waals surface area contributed by atoms with Crippen LogP contribution in [0.1, 0.15) is 17.7 Å². The summed E-state index contributed by atoms with van der Waals surface area (Å²) in [6.07, 6.45) is 2.57. The SMILES string of the molecule is O=C(OCc1cc(=O)n2ccsc2n1)[C@H]1CC(=O)N(CCc2ccccc2)C1. The Morgan fingerprint density at radius 2 is 2.07 bits per heavy atom. The van der Waals surface area contributed by atoms with E-state index in [4.69, 9.17) is 4.74 Å². The minimum atomic E-state index is -0.477. The number of esters is 1. The first-order valence-corrected chi connectivity index (χ1v) is 9.92. The molecule has 1 amide bonds. The number of carbonyl (C=O) groups is 2. The van der Waals surface area contributed by atoms with E-state index in [0.717, 1.165) is 12.0 Å². The van der Waals surface area contributed by atoms with Crippen molar-refractivity contribution in [2.24, 2.45) is 5.92 Å². The second-order valence-electron chi connectivity index (χ2n) is 6.73. The molecule has 0 spiro atoms. The van der Waals surface area contributed by atoms with Crippen LogP contribution in [0.3, 0.4) is 0 Å². The van der Waals surface area contributed by atoms with Gasteiger partial charge in [-0.05, 0) is 12.0 Å². The molecule has 7 nitrogen and oxygen atoms in total. The second-order valence-corrected chi connectivity index (χ2v) is 7.60. The quantitative estimate of drug-likeness (QED) is 0.594. The van der Waals surface area contributed by atoms with Crippen LogP contribution in [-0.2, 0) is 27.4 Å². The lowest BCUT2D eigenvalue weighted by Crippen LogP contribution is -2.29. The summed E-state index contributed by atoms with van der Waals surface area (Å²) >= 11 is 1.34. The average Bonchev–Trinajstić information content (AvgIpc) is 3.32. The zero-order chi connectivity index (χ0) is 19.5. The van der Waals surface area contributed by atoms with Gasteiger partial charge in [-0.3, -0.25) is 18.8 Å². The predicted molar refractivity (Wildman–Crippen MR) is 104 cm³/mol. The van der Waals surface area contributed by atoms with Gasteiger partial charge in [-0.25, -0.2) is 4.98 Å². The van der Waals surface area contributed by atoms with Crippen molar-refractivity contribution in [2.75, 3.05) is 13.1 Å². The molecule has 0 radical (unpaired) electrons. The van der Waals surface area contributed by atoms with E-state index in [9.17, 15) is 14.4 Å². The molecular formula is C20H19N3O4S. The van der Waals surface area contributed by atoms with E-state index in [1.165, 1.54) is 21.8 Å². The van der Waals surface area contributed by atoms with E-state index in [-0.39, 0.29) is 24.5 Å². The minimum absolute atomic E-state index is 0.0331. The lowest BCUT2D eigenvalue weighted by atomic mass is 10.1. The zero-order valence-corrected chi connectivity index (χ0v) is 15.9. The van der Waals surface area contributed by atoms with Crippen LogP contribution in [-0.4, -0.2) is 39.3 Å². The number of fused-ring (bicyclic) bond motifs is 1. The maximum Gasteiger partial charge on any atom is 0.311 e. The van der Waals surface area contributed by atoms with Gasteiger partial charge >= 0.3 is 5.97 Å². The van der Waals surface area contributed by atoms with E-state index in [0.29, 0.717) is 23.7 Å². The van der Waals surface area contributed by atoms with Gasteiger partial charge in [0, 0.05) is 37.2 Å². The first kappa shape index (κ1) is 18.4. The van der Waals surface area contributed by atoms with Crippen LogP contribution < -0.4 is 5.56 Å². The number of likely N-dealkylation sites (tertiary alicyclic amines) is 1. The number of rotatable bonds is 6. The molecule has 1 fully saturated rings. The molecule has 1 aliphatic heterocycles. The maximum absolute atomic E-state index is 12.4. The molecule has 144 valence electrons. The van der Waals surface area contributed by atoms with Crippen molar-refractivity contribution in [3.63, 3.8) is 0 Å². The van der Waals surface area contributed by atoms with E-state index in [1.54, 1.807) is 16.5 Å². The van der Waals surface area contributed by atoms with Gasteiger partial charge in [0.2, 0.25) is 5.91 Å². The van der Waals surface area contributed by atoms with Crippen LogP contribution >= 0.6 is 11.3 Å². The van der Waals surface area contributed by atoms with Gasteiger partial charge < -0.3 is 9.64 Å². The Morgan fingerprint density at radius 3 is 2.89 bits per heavy atom. The van der Waals surface area contributed by atoms with Gasteiger partial charge in [0.15, 0.2) is 4.96 Å². The van der Waals surface area contributed by atoms with Crippen molar-refractivity contribution >= 4 is 28.2 Å². The third-order valence-electron chi connectivity index (χ3n) is 4.78. The number of aromatic nitrogens is 2. The largest absolute Gasteiger partial charge is 0.459 e. The number of thiazole rings is 1. The fourth-order valence-electron chi connectivity index (χ4n) is 3.28. The average molecular weight is 397 g/mol. The van der Waals surface area contributed by atoms with Crippen molar-refractivity contribution in [3.05, 3.63) is 69.6 Å². The Hall–Kier alpha value is -3.00. The maximum atomic E-state index is 12.4. The molecule has 0 bridgehead atoms. The molecular weight excluding hydrogens is 378 g/mol. The van der Waals surface area contributed by atoms with Gasteiger partial charge in [0.05, 0.1) is 11.6 Å². The van der Waals surface area contributed by atoms with Crippen LogP contribution in [0.5, 0.6) is 0 Å². The van der Waals surface area contributed by atoms with Crippen LogP contribution in [0, 0.1) is 5.92 Å². The highest BCUT2D eigenvalue weighted by Gasteiger charge is 2.35. The first-order valence-electron chi connectivity index (χ1n) is 9.04. The van der Waals surface area contributed by atoms with Gasteiger partial charge in [-0.2, -0.15) is 0 Å². The van der Waals surface area contributed by atoms with Gasteiger partial charge in [0.25, 0.3) is 5.56 Å². The number of amides is 1. The fourth-order valence-corrected chi connectivity index (χ4v) is 4.02. The van der Waals surface area contributed by atoms with Gasteiger partial charge in [-0.15, -0.1) is 11.3 Å². The molecule has 2 aromatic heterocycles. The molecule has 3 heterocycles. The van der Waals surface area contributed by atoms with Crippen molar-refractivity contribution in [3.8, 4) is 0 Å². The smallest absolute Gasteiger partial charge is 0.311 e. The van der Waals surface area contributed by atoms with E-state index >= 15 is 0 Å². The number of hydrogen-bond donors (Lipinski definition) is 0. The molecule has 0 unspecified atom stereocenters. The molecule has 0 saturated carbocycles. The predicted octanol–water partition coefficient (Wildman–Crippen LogP) is 1.89. The Morgan fingerprint density at radius 1 is 1.25 bits per heavy atom. The summed E-state index contributed by atoms with van der Waals surface area (Å²) in [4.78, 5) is 43.1. The highest BCUT2D eigenvalue weighted by Crippen LogP contribution is 2.20. The molecule has 1 aromatic carbocycles. The van der Waals surface area contributed by atoms with Crippen molar-refractivity contribution < 1.29 is 14.3 Å². The number of ether oxygens (including phenoxy) is 1. The van der Waals surface area contributed by atoms with Crippen molar-refractivity contribution in [1.29, 1.82) is 0 Å². The van der Waals surface area contributed by atoms with Crippen LogP contribution in [0.15, 0.2) is 52.8 Å². The minimum Gasteiger partial charge on any atom is -0.459 e. The van der Waals surface area contributed by atoms with Crippen molar-refractivity contribution in [2.45, 2.75) is 19.4 Å². The van der Waals surface area contributed by atoms with E-state index in [1.807, 2.05) is 30.3 Å². The number of benzene rings is 1. The Labute approximate surface area is 165 Å². The van der Waals surface area contributed by atoms with E-state index in [2.05, 4.69) is 4.98 Å².